The van der Waals surface area contributed by atoms with E-state index in [9.17, 15) is 17.2 Å². The van der Waals surface area contributed by atoms with Crippen LogP contribution in [0.4, 0.5) is 8.78 Å². The number of nitrogens with zero attached hydrogens (tertiary/aromatic N) is 2. The molecule has 0 bridgehead atoms. The van der Waals surface area contributed by atoms with Crippen molar-refractivity contribution in [2.75, 3.05) is 26.2 Å². The van der Waals surface area contributed by atoms with E-state index in [1.54, 1.807) is 0 Å². The maximum Gasteiger partial charge on any atom is 0.249 e. The van der Waals surface area contributed by atoms with Crippen molar-refractivity contribution in [3.05, 3.63) is 101 Å². The van der Waals surface area contributed by atoms with Crippen LogP contribution in [0.1, 0.15) is 17.2 Å². The van der Waals surface area contributed by atoms with Crippen LogP contribution in [0.25, 0.3) is 0 Å². The molecule has 0 spiro atoms. The predicted octanol–water partition coefficient (Wildman–Crippen LogP) is 4.71. The maximum atomic E-state index is 14.1. The van der Waals surface area contributed by atoms with Gasteiger partial charge in [0, 0.05) is 31.2 Å². The van der Waals surface area contributed by atoms with Crippen molar-refractivity contribution in [3.8, 4) is 0 Å². The van der Waals surface area contributed by atoms with Gasteiger partial charge < -0.3 is 0 Å². The first-order valence-corrected chi connectivity index (χ1v) is 11.7. The molecule has 1 saturated heterocycles. The molecule has 0 aromatic heterocycles. The Bertz CT molecular complexity index is 1130. The Morgan fingerprint density at radius 2 is 1.29 bits per heavy atom. The van der Waals surface area contributed by atoms with Gasteiger partial charge in [0.15, 0.2) is 4.90 Å². The molecule has 1 fully saturated rings. The average molecular weight is 463 g/mol. The fourth-order valence-corrected chi connectivity index (χ4v) is 5.61. The lowest BCUT2D eigenvalue weighted by Gasteiger charge is -2.39. The van der Waals surface area contributed by atoms with Crippen molar-refractivity contribution >= 4 is 21.6 Å². The number of halogens is 3. The average Bonchev–Trinajstić information content (AvgIpc) is 2.76. The van der Waals surface area contributed by atoms with Crippen molar-refractivity contribution < 1.29 is 17.2 Å². The molecule has 1 atom stereocenters. The van der Waals surface area contributed by atoms with E-state index in [0.717, 1.165) is 33.6 Å². The van der Waals surface area contributed by atoms with Crippen LogP contribution in [0.15, 0.2) is 77.7 Å². The van der Waals surface area contributed by atoms with Gasteiger partial charge in [-0.3, -0.25) is 4.90 Å². The zero-order valence-electron chi connectivity index (χ0n) is 16.6. The highest BCUT2D eigenvalue weighted by molar-refractivity contribution is 7.89. The summed E-state index contributed by atoms with van der Waals surface area (Å²) in [6.07, 6.45) is 0. The summed E-state index contributed by atoms with van der Waals surface area (Å²) < 4.78 is 55.2. The highest BCUT2D eigenvalue weighted by atomic mass is 35.5. The van der Waals surface area contributed by atoms with E-state index in [0.29, 0.717) is 18.1 Å². The molecule has 0 saturated carbocycles. The molecule has 0 aliphatic carbocycles. The highest BCUT2D eigenvalue weighted by Crippen LogP contribution is 2.32. The van der Waals surface area contributed by atoms with Gasteiger partial charge in [-0.15, -0.1) is 0 Å². The van der Waals surface area contributed by atoms with Crippen LogP contribution >= 0.6 is 11.6 Å². The maximum absolute atomic E-state index is 14.1. The standard InChI is InChI=1S/C23H21ClF2N2O2S/c24-19-11-9-18(10-12-19)22(17-5-2-1-3-6-17)27-13-15-28(16-14-27)31(29,30)23-20(25)7-4-8-21(23)26/h1-12,22H,13-16H2/t22-/m0/s1. The first-order valence-electron chi connectivity index (χ1n) is 9.86. The minimum absolute atomic E-state index is 0.0893. The summed E-state index contributed by atoms with van der Waals surface area (Å²) in [5.41, 5.74) is 2.10. The monoisotopic (exact) mass is 462 g/mol. The Morgan fingerprint density at radius 1 is 0.742 bits per heavy atom. The van der Waals surface area contributed by atoms with Crippen LogP contribution < -0.4 is 0 Å². The summed E-state index contributed by atoms with van der Waals surface area (Å²) in [6.45, 7) is 1.09. The first kappa shape index (κ1) is 21.9. The Morgan fingerprint density at radius 3 is 1.87 bits per heavy atom. The van der Waals surface area contributed by atoms with Crippen LogP contribution in [0, 0.1) is 11.6 Å². The van der Waals surface area contributed by atoms with Crippen molar-refractivity contribution in [1.82, 2.24) is 9.21 Å². The Balaban J connectivity index is 1.59. The number of piperazine rings is 1. The zero-order chi connectivity index (χ0) is 22.0. The summed E-state index contributed by atoms with van der Waals surface area (Å²) in [5, 5.41) is 0.637. The third-order valence-corrected chi connectivity index (χ3v) is 7.66. The Kier molecular flexibility index (Phi) is 6.39. The van der Waals surface area contributed by atoms with Gasteiger partial charge in [-0.05, 0) is 35.4 Å². The smallest absolute Gasteiger partial charge is 0.249 e. The quantitative estimate of drug-likeness (QED) is 0.551. The molecule has 1 heterocycles. The molecular formula is C23H21ClF2N2O2S. The first-order chi connectivity index (χ1) is 14.9. The molecule has 0 amide bonds. The van der Waals surface area contributed by atoms with Crippen LogP contribution in [0.2, 0.25) is 5.02 Å². The van der Waals surface area contributed by atoms with Gasteiger partial charge in [0.2, 0.25) is 10.0 Å². The molecular weight excluding hydrogens is 442 g/mol. The number of hydrogen-bond acceptors (Lipinski definition) is 3. The normalized spacial score (nSPS) is 16.9. The van der Waals surface area contributed by atoms with Crippen molar-refractivity contribution in [1.29, 1.82) is 0 Å². The second-order valence-corrected chi connectivity index (χ2v) is 9.67. The number of rotatable bonds is 5. The third-order valence-electron chi connectivity index (χ3n) is 5.46. The van der Waals surface area contributed by atoms with Gasteiger partial charge in [-0.2, -0.15) is 4.31 Å². The molecule has 8 heteroatoms. The van der Waals surface area contributed by atoms with Crippen LogP contribution in [0.3, 0.4) is 0 Å². The van der Waals surface area contributed by atoms with E-state index in [1.165, 1.54) is 0 Å². The van der Waals surface area contributed by atoms with Gasteiger partial charge in [-0.1, -0.05) is 60.1 Å². The van der Waals surface area contributed by atoms with E-state index in [1.807, 2.05) is 54.6 Å². The van der Waals surface area contributed by atoms with Crippen molar-refractivity contribution in [3.63, 3.8) is 0 Å². The summed E-state index contributed by atoms with van der Waals surface area (Å²) in [7, 11) is -4.27. The lowest BCUT2D eigenvalue weighted by Crippen LogP contribution is -2.50. The summed E-state index contributed by atoms with van der Waals surface area (Å²) in [5.74, 6) is -2.16. The largest absolute Gasteiger partial charge is 0.290 e. The zero-order valence-corrected chi connectivity index (χ0v) is 18.2. The van der Waals surface area contributed by atoms with E-state index in [4.69, 9.17) is 11.6 Å². The van der Waals surface area contributed by atoms with Crippen LogP contribution in [-0.4, -0.2) is 43.8 Å². The molecule has 0 unspecified atom stereocenters. The van der Waals surface area contributed by atoms with E-state index >= 15 is 0 Å². The summed E-state index contributed by atoms with van der Waals surface area (Å²) in [6, 6.07) is 20.4. The molecule has 0 radical (unpaired) electrons. The van der Waals surface area contributed by atoms with Gasteiger partial charge in [-0.25, -0.2) is 17.2 Å². The summed E-state index contributed by atoms with van der Waals surface area (Å²) >= 11 is 6.05. The lowest BCUT2D eigenvalue weighted by molar-refractivity contribution is 0.155. The molecule has 1 aliphatic rings. The van der Waals surface area contributed by atoms with Crippen molar-refractivity contribution in [2.45, 2.75) is 10.9 Å². The van der Waals surface area contributed by atoms with Crippen molar-refractivity contribution in [2.24, 2.45) is 0 Å². The molecule has 162 valence electrons. The topological polar surface area (TPSA) is 40.6 Å². The van der Waals surface area contributed by atoms with E-state index in [2.05, 4.69) is 4.90 Å². The SMILES string of the molecule is O=S(=O)(c1c(F)cccc1F)N1CCN([C@@H](c2ccccc2)c2ccc(Cl)cc2)CC1. The van der Waals surface area contributed by atoms with E-state index < -0.39 is 26.6 Å². The molecule has 1 aliphatic heterocycles. The summed E-state index contributed by atoms with van der Waals surface area (Å²) in [4.78, 5) is 1.28. The second-order valence-electron chi connectivity index (χ2n) is 7.36. The number of benzene rings is 3. The minimum Gasteiger partial charge on any atom is -0.290 e. The van der Waals surface area contributed by atoms with Crippen LogP contribution in [-0.2, 0) is 10.0 Å². The molecule has 0 N–H and O–H groups in total. The lowest BCUT2D eigenvalue weighted by atomic mass is 9.96. The minimum atomic E-state index is -4.27. The molecule has 4 nitrogen and oxygen atoms in total. The highest BCUT2D eigenvalue weighted by Gasteiger charge is 2.35. The van der Waals surface area contributed by atoms with Gasteiger partial charge in [0.1, 0.15) is 11.6 Å². The number of sulfonamides is 1. The fourth-order valence-electron chi connectivity index (χ4n) is 3.95. The second kappa shape index (κ2) is 9.04. The molecule has 3 aromatic carbocycles. The molecule has 3 aromatic rings. The predicted molar refractivity (Wildman–Crippen MR) is 116 cm³/mol. The Hall–Kier alpha value is -2.32. The van der Waals surface area contributed by atoms with Gasteiger partial charge in [0.05, 0.1) is 6.04 Å². The third kappa shape index (κ3) is 4.50. The van der Waals surface area contributed by atoms with Crippen LogP contribution in [0.5, 0.6) is 0 Å². The van der Waals surface area contributed by atoms with Gasteiger partial charge in [0.25, 0.3) is 0 Å². The molecule has 4 rings (SSSR count). The number of hydrogen-bond donors (Lipinski definition) is 0. The van der Waals surface area contributed by atoms with E-state index in [-0.39, 0.29) is 19.1 Å². The van der Waals surface area contributed by atoms with Gasteiger partial charge >= 0.3 is 0 Å². The molecule has 31 heavy (non-hydrogen) atoms. The fraction of sp³-hybridized carbons (Fsp3) is 0.217. The Labute approximate surface area is 185 Å².